The predicted octanol–water partition coefficient (Wildman–Crippen LogP) is -0.0824. The lowest BCUT2D eigenvalue weighted by Gasteiger charge is -2.37. The van der Waals surface area contributed by atoms with Crippen molar-refractivity contribution in [1.29, 1.82) is 0 Å². The molecule has 0 aliphatic carbocycles. The average molecular weight is 216 g/mol. The second-order valence-corrected chi connectivity index (χ2v) is 3.26. The van der Waals surface area contributed by atoms with Gasteiger partial charge < -0.3 is 24.8 Å². The first kappa shape index (κ1) is 11.3. The van der Waals surface area contributed by atoms with Crippen molar-refractivity contribution in [3.8, 4) is 0 Å². The van der Waals surface area contributed by atoms with Crippen molar-refractivity contribution < 1.29 is 24.6 Å². The Hall–Kier alpha value is -1.79. The summed E-state index contributed by atoms with van der Waals surface area (Å²) in [5, 5.41) is 17.5. The first-order valence-corrected chi connectivity index (χ1v) is 4.47. The largest absolute Gasteiger partial charge is 0.465 e. The Morgan fingerprint density at radius 2 is 1.93 bits per heavy atom. The van der Waals surface area contributed by atoms with Crippen LogP contribution in [0.4, 0.5) is 9.59 Å². The zero-order valence-corrected chi connectivity index (χ0v) is 8.00. The third-order valence-corrected chi connectivity index (χ3v) is 2.37. The number of hydrogen-bond donors (Lipinski definition) is 2. The Morgan fingerprint density at radius 3 is 2.40 bits per heavy atom. The molecule has 0 aromatic heterocycles. The monoisotopic (exact) mass is 216 g/mol. The molecule has 1 rings (SSSR count). The van der Waals surface area contributed by atoms with E-state index in [2.05, 4.69) is 0 Å². The van der Waals surface area contributed by atoms with Gasteiger partial charge in [-0.05, 0) is 0 Å². The van der Waals surface area contributed by atoms with Crippen LogP contribution >= 0.6 is 0 Å². The molecule has 84 valence electrons. The van der Waals surface area contributed by atoms with Gasteiger partial charge in [-0.15, -0.1) is 0 Å². The van der Waals surface area contributed by atoms with E-state index < -0.39 is 18.2 Å². The van der Waals surface area contributed by atoms with Crippen LogP contribution in [-0.2, 0) is 4.79 Å². The van der Waals surface area contributed by atoms with Crippen molar-refractivity contribution in [1.82, 2.24) is 9.80 Å². The molecule has 0 radical (unpaired) electrons. The highest BCUT2D eigenvalue weighted by Gasteiger charge is 2.31. The molecule has 0 aromatic carbocycles. The van der Waals surface area contributed by atoms with E-state index in [1.165, 1.54) is 0 Å². The van der Waals surface area contributed by atoms with E-state index in [-0.39, 0.29) is 26.1 Å². The maximum atomic E-state index is 10.8. The first-order chi connectivity index (χ1) is 7.06. The smallest absolute Gasteiger partial charge is 0.407 e. The summed E-state index contributed by atoms with van der Waals surface area (Å²) in [5.74, 6) is 0. The molecule has 15 heavy (non-hydrogen) atoms. The van der Waals surface area contributed by atoms with Gasteiger partial charge in [0.25, 0.3) is 0 Å². The summed E-state index contributed by atoms with van der Waals surface area (Å²) in [6.07, 6.45) is -1.58. The number of hydrogen-bond acceptors (Lipinski definition) is 3. The molecule has 1 aliphatic heterocycles. The lowest BCUT2D eigenvalue weighted by molar-refractivity contribution is -0.109. The van der Waals surface area contributed by atoms with E-state index in [9.17, 15) is 14.4 Å². The minimum atomic E-state index is -1.12. The zero-order valence-electron chi connectivity index (χ0n) is 8.00. The molecule has 2 N–H and O–H groups in total. The average Bonchev–Trinajstić information content (AvgIpc) is 2.17. The summed E-state index contributed by atoms with van der Waals surface area (Å²) < 4.78 is 0. The molecule has 7 heteroatoms. The normalized spacial score (nSPS) is 21.2. The molecule has 0 aromatic rings. The van der Waals surface area contributed by atoms with Crippen LogP contribution in [0, 0.1) is 0 Å². The SMILES string of the molecule is O=CCC1CN(C(=O)O)CCN1C(=O)O. The van der Waals surface area contributed by atoms with Crippen molar-refractivity contribution in [3.05, 3.63) is 0 Å². The van der Waals surface area contributed by atoms with Crippen molar-refractivity contribution in [3.63, 3.8) is 0 Å². The highest BCUT2D eigenvalue weighted by Crippen LogP contribution is 2.12. The molecule has 2 amide bonds. The molecular formula is C8H12N2O5. The number of rotatable bonds is 2. The van der Waals surface area contributed by atoms with Crippen LogP contribution in [0.15, 0.2) is 0 Å². The number of carboxylic acid groups (broad SMARTS) is 2. The van der Waals surface area contributed by atoms with Crippen molar-refractivity contribution in [2.24, 2.45) is 0 Å². The number of carbonyl (C=O) groups is 3. The lowest BCUT2D eigenvalue weighted by atomic mass is 10.1. The fourth-order valence-corrected chi connectivity index (χ4v) is 1.59. The van der Waals surface area contributed by atoms with Crippen LogP contribution in [0.2, 0.25) is 0 Å². The molecule has 1 fully saturated rings. The van der Waals surface area contributed by atoms with Gasteiger partial charge in [-0.25, -0.2) is 9.59 Å². The number of amides is 2. The number of aldehydes is 1. The Balaban J connectivity index is 2.68. The molecule has 1 unspecified atom stereocenters. The summed E-state index contributed by atoms with van der Waals surface area (Å²) in [5.41, 5.74) is 0. The maximum absolute atomic E-state index is 10.8. The van der Waals surface area contributed by atoms with Crippen molar-refractivity contribution >= 4 is 18.5 Å². The summed E-state index contributed by atoms with van der Waals surface area (Å²) in [6, 6.07) is -0.565. The number of carbonyl (C=O) groups excluding carboxylic acids is 1. The molecule has 0 spiro atoms. The zero-order chi connectivity index (χ0) is 11.4. The Kier molecular flexibility index (Phi) is 3.48. The van der Waals surface area contributed by atoms with Crippen LogP contribution in [0.25, 0.3) is 0 Å². The Bertz CT molecular complexity index is 280. The lowest BCUT2D eigenvalue weighted by Crippen LogP contribution is -2.56. The second kappa shape index (κ2) is 4.63. The quantitative estimate of drug-likeness (QED) is 0.629. The van der Waals surface area contributed by atoms with Crippen LogP contribution in [0.1, 0.15) is 6.42 Å². The van der Waals surface area contributed by atoms with Gasteiger partial charge in [-0.3, -0.25) is 0 Å². The fraction of sp³-hybridized carbons (Fsp3) is 0.625. The van der Waals surface area contributed by atoms with Gasteiger partial charge >= 0.3 is 12.2 Å². The maximum Gasteiger partial charge on any atom is 0.407 e. The third-order valence-electron chi connectivity index (χ3n) is 2.37. The van der Waals surface area contributed by atoms with Crippen LogP contribution in [-0.4, -0.2) is 64.2 Å². The van der Waals surface area contributed by atoms with Gasteiger partial charge in [-0.2, -0.15) is 0 Å². The van der Waals surface area contributed by atoms with Crippen LogP contribution in [0.5, 0.6) is 0 Å². The predicted molar refractivity (Wildman–Crippen MR) is 48.8 cm³/mol. The highest BCUT2D eigenvalue weighted by atomic mass is 16.4. The van der Waals surface area contributed by atoms with E-state index in [4.69, 9.17) is 10.2 Å². The fourth-order valence-electron chi connectivity index (χ4n) is 1.59. The molecule has 1 saturated heterocycles. The van der Waals surface area contributed by atoms with Crippen LogP contribution in [0.3, 0.4) is 0 Å². The van der Waals surface area contributed by atoms with E-state index in [0.29, 0.717) is 6.29 Å². The first-order valence-electron chi connectivity index (χ1n) is 4.47. The Morgan fingerprint density at radius 1 is 1.27 bits per heavy atom. The molecule has 0 bridgehead atoms. The summed E-state index contributed by atoms with van der Waals surface area (Å²) in [7, 11) is 0. The second-order valence-electron chi connectivity index (χ2n) is 3.26. The highest BCUT2D eigenvalue weighted by molar-refractivity contribution is 5.69. The van der Waals surface area contributed by atoms with E-state index >= 15 is 0 Å². The molecule has 0 saturated carbocycles. The summed E-state index contributed by atoms with van der Waals surface area (Å²) in [6.45, 7) is 0.317. The van der Waals surface area contributed by atoms with Gasteiger partial charge in [0.1, 0.15) is 6.29 Å². The van der Waals surface area contributed by atoms with Gasteiger partial charge in [0.05, 0.1) is 6.04 Å². The molecule has 7 nitrogen and oxygen atoms in total. The standard InChI is InChI=1S/C8H12N2O5/c11-4-1-6-5-9(7(12)13)2-3-10(6)8(14)15/h4,6H,1-3,5H2,(H,12,13)(H,14,15). The van der Waals surface area contributed by atoms with Gasteiger partial charge in [-0.1, -0.05) is 0 Å². The summed E-state index contributed by atoms with van der Waals surface area (Å²) in [4.78, 5) is 34.0. The van der Waals surface area contributed by atoms with Gasteiger partial charge in [0.15, 0.2) is 0 Å². The Labute approximate surface area is 85.9 Å². The summed E-state index contributed by atoms with van der Waals surface area (Å²) >= 11 is 0. The number of piperazine rings is 1. The van der Waals surface area contributed by atoms with Crippen LogP contribution < -0.4 is 0 Å². The van der Waals surface area contributed by atoms with Crippen molar-refractivity contribution in [2.45, 2.75) is 12.5 Å². The topological polar surface area (TPSA) is 98.2 Å². The third kappa shape index (κ3) is 2.58. The van der Waals surface area contributed by atoms with Gasteiger partial charge in [0, 0.05) is 26.1 Å². The van der Waals surface area contributed by atoms with Crippen molar-refractivity contribution in [2.75, 3.05) is 19.6 Å². The van der Waals surface area contributed by atoms with E-state index in [0.717, 1.165) is 9.80 Å². The molecule has 1 atom stereocenters. The molecule has 1 heterocycles. The van der Waals surface area contributed by atoms with E-state index in [1.54, 1.807) is 0 Å². The molecular weight excluding hydrogens is 204 g/mol. The minimum absolute atomic E-state index is 0.0239. The van der Waals surface area contributed by atoms with E-state index in [1.807, 2.05) is 0 Å². The van der Waals surface area contributed by atoms with Gasteiger partial charge in [0.2, 0.25) is 0 Å². The number of nitrogens with zero attached hydrogens (tertiary/aromatic N) is 2. The minimum Gasteiger partial charge on any atom is -0.465 e. The molecule has 1 aliphatic rings.